The van der Waals surface area contributed by atoms with Gasteiger partial charge in [0.25, 0.3) is 0 Å². The van der Waals surface area contributed by atoms with Gasteiger partial charge in [-0.3, -0.25) is 4.79 Å². The topological polar surface area (TPSA) is 68.9 Å². The summed E-state index contributed by atoms with van der Waals surface area (Å²) in [5.41, 5.74) is 3.97. The molecule has 1 fully saturated rings. The fourth-order valence-electron chi connectivity index (χ4n) is 4.95. The van der Waals surface area contributed by atoms with E-state index in [0.29, 0.717) is 57.3 Å². The zero-order valence-corrected chi connectivity index (χ0v) is 25.7. The maximum Gasteiger partial charge on any atom is 0.240 e. The number of halogens is 2. The van der Waals surface area contributed by atoms with Gasteiger partial charge >= 0.3 is 0 Å². The molecule has 0 aromatic heterocycles. The maximum atomic E-state index is 14.1. The van der Waals surface area contributed by atoms with Gasteiger partial charge in [-0.1, -0.05) is 23.7 Å². The molecule has 2 aromatic carbocycles. The van der Waals surface area contributed by atoms with Gasteiger partial charge < -0.3 is 30.5 Å². The number of piperazine rings is 1. The maximum absolute atomic E-state index is 14.1. The van der Waals surface area contributed by atoms with Gasteiger partial charge in [0.05, 0.1) is 12.6 Å². The van der Waals surface area contributed by atoms with Gasteiger partial charge in [-0.05, 0) is 82.0 Å². The lowest BCUT2D eigenvalue weighted by atomic mass is 10.0. The highest BCUT2D eigenvalue weighted by Crippen LogP contribution is 2.24. The van der Waals surface area contributed by atoms with Gasteiger partial charge in [0.15, 0.2) is 0 Å². The fraction of sp³-hybridized carbons (Fsp3) is 0.581. The number of anilines is 1. The van der Waals surface area contributed by atoms with E-state index in [9.17, 15) is 9.18 Å². The van der Waals surface area contributed by atoms with Crippen molar-refractivity contribution in [1.29, 1.82) is 0 Å². The Hall–Kier alpha value is -2.23. The van der Waals surface area contributed by atoms with Crippen molar-refractivity contribution in [3.8, 4) is 0 Å². The summed E-state index contributed by atoms with van der Waals surface area (Å²) in [5.74, 6) is -0.167. The Balaban J connectivity index is 1.66. The lowest BCUT2D eigenvalue weighted by Gasteiger charge is -2.38. The van der Waals surface area contributed by atoms with Crippen LogP contribution in [0.15, 0.2) is 36.4 Å². The molecule has 1 aliphatic heterocycles. The highest BCUT2D eigenvalue weighted by molar-refractivity contribution is 6.31. The third-order valence-corrected chi connectivity index (χ3v) is 7.48. The van der Waals surface area contributed by atoms with Gasteiger partial charge in [-0.2, -0.15) is 0 Å². The first kappa shape index (κ1) is 32.3. The SMILES string of the molecule is COCC(C)NCc1cc(F)ccc1N1CCN(C(=O)C(Cc2ccc(C)cc2Cl)NCCNC(C)(C)C)CC1. The lowest BCUT2D eigenvalue weighted by molar-refractivity contribution is -0.133. The second kappa shape index (κ2) is 15.1. The molecule has 7 nitrogen and oxygen atoms in total. The number of nitrogens with one attached hydrogen (secondary N) is 3. The van der Waals surface area contributed by atoms with E-state index in [4.69, 9.17) is 16.3 Å². The van der Waals surface area contributed by atoms with E-state index >= 15 is 0 Å². The molecular formula is C31H47ClFN5O2. The number of hydrogen-bond acceptors (Lipinski definition) is 6. The van der Waals surface area contributed by atoms with E-state index in [0.717, 1.165) is 28.9 Å². The Labute approximate surface area is 244 Å². The predicted molar refractivity (Wildman–Crippen MR) is 163 cm³/mol. The first-order valence-electron chi connectivity index (χ1n) is 14.2. The average Bonchev–Trinajstić information content (AvgIpc) is 2.90. The molecule has 0 saturated carbocycles. The molecule has 3 N–H and O–H groups in total. The van der Waals surface area contributed by atoms with E-state index < -0.39 is 0 Å². The van der Waals surface area contributed by atoms with Gasteiger partial charge in [-0.25, -0.2) is 4.39 Å². The number of benzene rings is 2. The number of aryl methyl sites for hydroxylation is 1. The third kappa shape index (κ3) is 10.00. The van der Waals surface area contributed by atoms with E-state index in [1.54, 1.807) is 13.2 Å². The van der Waals surface area contributed by atoms with Crippen molar-refractivity contribution in [2.75, 3.05) is 57.9 Å². The number of methoxy groups -OCH3 is 1. The van der Waals surface area contributed by atoms with Crippen LogP contribution in [0.25, 0.3) is 0 Å². The minimum absolute atomic E-state index is 0.00826. The molecule has 0 aliphatic carbocycles. The van der Waals surface area contributed by atoms with Crippen LogP contribution in [0.1, 0.15) is 44.4 Å². The summed E-state index contributed by atoms with van der Waals surface area (Å²) in [6.07, 6.45) is 0.529. The highest BCUT2D eigenvalue weighted by atomic mass is 35.5. The van der Waals surface area contributed by atoms with Crippen molar-refractivity contribution >= 4 is 23.2 Å². The number of rotatable bonds is 13. The average molecular weight is 576 g/mol. The van der Waals surface area contributed by atoms with Crippen molar-refractivity contribution < 1.29 is 13.9 Å². The Morgan fingerprint density at radius 3 is 2.42 bits per heavy atom. The van der Waals surface area contributed by atoms with Crippen LogP contribution in [0, 0.1) is 12.7 Å². The largest absolute Gasteiger partial charge is 0.383 e. The standard InChI is InChI=1S/C31H47ClFN5O2/c1-22-7-8-24(27(32)17-22)19-28(34-11-12-36-31(3,4)5)30(39)38-15-13-37(14-16-38)29-10-9-26(33)18-25(29)20-35-23(2)21-40-6/h7-10,17-18,23,28,34-36H,11-16,19-21H2,1-6H3. The van der Waals surface area contributed by atoms with Crippen molar-refractivity contribution in [2.24, 2.45) is 0 Å². The molecule has 0 spiro atoms. The molecule has 1 saturated heterocycles. The van der Waals surface area contributed by atoms with Crippen LogP contribution in [0.5, 0.6) is 0 Å². The minimum atomic E-state index is -0.374. The summed E-state index contributed by atoms with van der Waals surface area (Å²) in [4.78, 5) is 18.0. The quantitative estimate of drug-likeness (QED) is 0.312. The highest BCUT2D eigenvalue weighted by Gasteiger charge is 2.29. The zero-order valence-electron chi connectivity index (χ0n) is 24.9. The molecule has 1 heterocycles. The molecule has 222 valence electrons. The van der Waals surface area contributed by atoms with Crippen molar-refractivity contribution in [3.63, 3.8) is 0 Å². The summed E-state index contributed by atoms with van der Waals surface area (Å²) in [7, 11) is 1.67. The molecule has 9 heteroatoms. The summed E-state index contributed by atoms with van der Waals surface area (Å²) < 4.78 is 19.3. The fourth-order valence-corrected chi connectivity index (χ4v) is 5.27. The monoisotopic (exact) mass is 575 g/mol. The van der Waals surface area contributed by atoms with Gasteiger partial charge in [-0.15, -0.1) is 0 Å². The smallest absolute Gasteiger partial charge is 0.240 e. The van der Waals surface area contributed by atoms with E-state index in [1.807, 2.05) is 43.0 Å². The second-order valence-electron chi connectivity index (χ2n) is 11.8. The van der Waals surface area contributed by atoms with Crippen LogP contribution in [0.3, 0.4) is 0 Å². The Morgan fingerprint density at radius 2 is 1.77 bits per heavy atom. The van der Waals surface area contributed by atoms with Crippen LogP contribution in [0.4, 0.5) is 10.1 Å². The second-order valence-corrected chi connectivity index (χ2v) is 12.2. The van der Waals surface area contributed by atoms with Crippen LogP contribution >= 0.6 is 11.6 Å². The molecule has 40 heavy (non-hydrogen) atoms. The third-order valence-electron chi connectivity index (χ3n) is 7.13. The van der Waals surface area contributed by atoms with Gasteiger partial charge in [0.2, 0.25) is 5.91 Å². The lowest BCUT2D eigenvalue weighted by Crippen LogP contribution is -2.55. The molecule has 0 bridgehead atoms. The number of carbonyl (C=O) groups excluding carboxylic acids is 1. The van der Waals surface area contributed by atoms with Crippen LogP contribution in [0.2, 0.25) is 5.02 Å². The zero-order chi connectivity index (χ0) is 29.3. The first-order valence-corrected chi connectivity index (χ1v) is 14.6. The van der Waals surface area contributed by atoms with E-state index in [-0.39, 0.29) is 29.3 Å². The normalized spacial score (nSPS) is 15.8. The number of carbonyl (C=O) groups is 1. The molecule has 3 rings (SSSR count). The van der Waals surface area contributed by atoms with Crippen molar-refractivity contribution in [3.05, 3.63) is 63.9 Å². The van der Waals surface area contributed by atoms with E-state index in [1.165, 1.54) is 6.07 Å². The molecule has 1 aliphatic rings. The first-order chi connectivity index (χ1) is 19.0. The minimum Gasteiger partial charge on any atom is -0.383 e. The number of hydrogen-bond donors (Lipinski definition) is 3. The Bertz CT molecular complexity index is 1100. The Morgan fingerprint density at radius 1 is 1.05 bits per heavy atom. The van der Waals surface area contributed by atoms with Crippen molar-refractivity contribution in [2.45, 2.75) is 65.2 Å². The molecular weight excluding hydrogens is 529 g/mol. The molecule has 2 unspecified atom stereocenters. The van der Waals surface area contributed by atoms with Gasteiger partial charge in [0.1, 0.15) is 5.82 Å². The summed E-state index contributed by atoms with van der Waals surface area (Å²) >= 11 is 6.55. The molecule has 2 aromatic rings. The molecule has 1 amide bonds. The van der Waals surface area contributed by atoms with E-state index in [2.05, 4.69) is 41.6 Å². The van der Waals surface area contributed by atoms with Crippen LogP contribution in [-0.2, 0) is 22.5 Å². The summed E-state index contributed by atoms with van der Waals surface area (Å²) in [6, 6.07) is 10.7. The van der Waals surface area contributed by atoms with Crippen molar-refractivity contribution in [1.82, 2.24) is 20.9 Å². The molecule has 2 atom stereocenters. The molecule has 0 radical (unpaired) electrons. The summed E-state index contributed by atoms with van der Waals surface area (Å²) in [6.45, 7) is 15.6. The number of nitrogens with zero attached hydrogens (tertiary/aromatic N) is 2. The summed E-state index contributed by atoms with van der Waals surface area (Å²) in [5, 5.41) is 11.1. The predicted octanol–water partition coefficient (Wildman–Crippen LogP) is 4.15. The van der Waals surface area contributed by atoms with Crippen LogP contribution < -0.4 is 20.9 Å². The van der Waals surface area contributed by atoms with Crippen LogP contribution in [-0.4, -0.2) is 81.4 Å². The van der Waals surface area contributed by atoms with Gasteiger partial charge in [0, 0.05) is 75.2 Å². The number of ether oxygens (including phenoxy) is 1. The number of amides is 1. The Kier molecular flexibility index (Phi) is 12.2.